The molecule has 5 nitrogen and oxygen atoms in total. The molecule has 0 N–H and O–H groups in total. The van der Waals surface area contributed by atoms with Gasteiger partial charge in [-0.3, -0.25) is 4.79 Å². The summed E-state index contributed by atoms with van der Waals surface area (Å²) in [6, 6.07) is 10.8. The lowest BCUT2D eigenvalue weighted by atomic mass is 10.1. The van der Waals surface area contributed by atoms with Crippen molar-refractivity contribution in [2.75, 3.05) is 31.1 Å². The van der Waals surface area contributed by atoms with Gasteiger partial charge in [0.1, 0.15) is 4.21 Å². The van der Waals surface area contributed by atoms with Crippen LogP contribution in [-0.4, -0.2) is 44.7 Å². The van der Waals surface area contributed by atoms with Crippen molar-refractivity contribution < 1.29 is 13.2 Å². The van der Waals surface area contributed by atoms with Crippen LogP contribution in [-0.2, 0) is 10.0 Å². The number of nitrogens with zero attached hydrogens (tertiary/aromatic N) is 2. The Morgan fingerprint density at radius 1 is 1.04 bits per heavy atom. The van der Waals surface area contributed by atoms with E-state index in [0.717, 1.165) is 9.47 Å². The number of carbonyl (C=O) groups is 1. The molecule has 0 radical (unpaired) electrons. The Hall–Kier alpha value is -1.22. The van der Waals surface area contributed by atoms with Gasteiger partial charge in [0.25, 0.3) is 10.0 Å². The number of benzene rings is 1. The molecule has 1 saturated heterocycles. The fourth-order valence-electron chi connectivity index (χ4n) is 2.66. The fourth-order valence-corrected chi connectivity index (χ4v) is 6.24. The van der Waals surface area contributed by atoms with Gasteiger partial charge in [0, 0.05) is 37.4 Å². The number of thiophene rings is 1. The number of Topliss-reactive ketones (excluding diaryl/α,β-unsaturated/α-hetero) is 1. The second-order valence-electron chi connectivity index (χ2n) is 5.55. The van der Waals surface area contributed by atoms with Gasteiger partial charge in [-0.25, -0.2) is 8.42 Å². The van der Waals surface area contributed by atoms with E-state index in [1.807, 2.05) is 24.3 Å². The van der Waals surface area contributed by atoms with E-state index in [4.69, 9.17) is 0 Å². The van der Waals surface area contributed by atoms with Crippen molar-refractivity contribution in [2.24, 2.45) is 0 Å². The first-order valence-corrected chi connectivity index (χ1v) is 10.5. The topological polar surface area (TPSA) is 57.7 Å². The van der Waals surface area contributed by atoms with Crippen molar-refractivity contribution in [3.8, 4) is 0 Å². The first-order chi connectivity index (χ1) is 11.4. The van der Waals surface area contributed by atoms with Crippen LogP contribution >= 0.6 is 27.3 Å². The normalized spacial score (nSPS) is 16.3. The van der Waals surface area contributed by atoms with Crippen LogP contribution in [0.4, 0.5) is 5.69 Å². The van der Waals surface area contributed by atoms with Crippen molar-refractivity contribution in [1.82, 2.24) is 4.31 Å². The van der Waals surface area contributed by atoms with Gasteiger partial charge in [-0.1, -0.05) is 0 Å². The SMILES string of the molecule is CC(=O)c1ccc(N2CCN(S(=O)(=O)c3ccc(Br)s3)CC2)cc1. The average molecular weight is 429 g/mol. The number of hydrogen-bond acceptors (Lipinski definition) is 5. The third-order valence-corrected chi connectivity index (χ3v) is 8.01. The van der Waals surface area contributed by atoms with Crippen LogP contribution in [0.15, 0.2) is 44.4 Å². The smallest absolute Gasteiger partial charge is 0.252 e. The molecule has 0 amide bonds. The highest BCUT2D eigenvalue weighted by atomic mass is 79.9. The van der Waals surface area contributed by atoms with Crippen molar-refractivity contribution in [2.45, 2.75) is 11.1 Å². The molecule has 0 aliphatic carbocycles. The molecule has 0 spiro atoms. The molecule has 0 unspecified atom stereocenters. The molecule has 0 bridgehead atoms. The fraction of sp³-hybridized carbons (Fsp3) is 0.312. The van der Waals surface area contributed by atoms with Crippen LogP contribution in [0.25, 0.3) is 0 Å². The van der Waals surface area contributed by atoms with Crippen molar-refractivity contribution >= 4 is 48.8 Å². The molecule has 128 valence electrons. The number of halogens is 1. The maximum atomic E-state index is 12.6. The van der Waals surface area contributed by atoms with E-state index in [0.29, 0.717) is 36.0 Å². The van der Waals surface area contributed by atoms with E-state index in [2.05, 4.69) is 20.8 Å². The number of ketones is 1. The molecule has 1 aromatic heterocycles. The van der Waals surface area contributed by atoms with Gasteiger partial charge in [-0.2, -0.15) is 4.31 Å². The highest BCUT2D eigenvalue weighted by Crippen LogP contribution is 2.29. The Balaban J connectivity index is 1.68. The molecule has 2 heterocycles. The van der Waals surface area contributed by atoms with Crippen molar-refractivity contribution in [3.63, 3.8) is 0 Å². The zero-order valence-electron chi connectivity index (χ0n) is 13.1. The molecule has 24 heavy (non-hydrogen) atoms. The molecule has 3 rings (SSSR count). The van der Waals surface area contributed by atoms with E-state index < -0.39 is 10.0 Å². The molecule has 1 aliphatic heterocycles. The van der Waals surface area contributed by atoms with Gasteiger partial charge in [0.2, 0.25) is 0 Å². The molecule has 8 heteroatoms. The lowest BCUT2D eigenvalue weighted by Gasteiger charge is -2.35. The summed E-state index contributed by atoms with van der Waals surface area (Å²) in [6.07, 6.45) is 0. The van der Waals surface area contributed by atoms with Crippen LogP contribution < -0.4 is 4.90 Å². The summed E-state index contributed by atoms with van der Waals surface area (Å²) in [4.78, 5) is 13.5. The third-order valence-electron chi connectivity index (χ3n) is 4.02. The van der Waals surface area contributed by atoms with Crippen LogP contribution in [0.1, 0.15) is 17.3 Å². The van der Waals surface area contributed by atoms with E-state index in [1.165, 1.54) is 15.6 Å². The lowest BCUT2D eigenvalue weighted by molar-refractivity contribution is 0.101. The summed E-state index contributed by atoms with van der Waals surface area (Å²) in [5.41, 5.74) is 1.69. The molecule has 1 fully saturated rings. The predicted octanol–water partition coefficient (Wildman–Crippen LogP) is 3.22. The molecule has 1 aromatic carbocycles. The standard InChI is InChI=1S/C16H17BrN2O3S2/c1-12(20)13-2-4-14(5-3-13)18-8-10-19(11-9-18)24(21,22)16-7-6-15(17)23-16/h2-7H,8-11H2,1H3. The summed E-state index contributed by atoms with van der Waals surface area (Å²) in [5, 5.41) is 0. The maximum absolute atomic E-state index is 12.6. The van der Waals surface area contributed by atoms with Gasteiger partial charge in [0.05, 0.1) is 3.79 Å². The molecule has 0 saturated carbocycles. The van der Waals surface area contributed by atoms with E-state index >= 15 is 0 Å². The summed E-state index contributed by atoms with van der Waals surface area (Å²) in [7, 11) is -3.41. The Bertz CT molecular complexity index is 838. The number of sulfonamides is 1. The summed E-state index contributed by atoms with van der Waals surface area (Å²) < 4.78 is 28.0. The highest BCUT2D eigenvalue weighted by molar-refractivity contribution is 9.11. The quantitative estimate of drug-likeness (QED) is 0.701. The second-order valence-corrected chi connectivity index (χ2v) is 10.2. The minimum absolute atomic E-state index is 0.0413. The van der Waals surface area contributed by atoms with E-state index in [9.17, 15) is 13.2 Å². The van der Waals surface area contributed by atoms with Gasteiger partial charge in [0.15, 0.2) is 5.78 Å². The summed E-state index contributed by atoms with van der Waals surface area (Å²) >= 11 is 4.54. The Labute approximate surface area is 154 Å². The second kappa shape index (κ2) is 6.95. The largest absolute Gasteiger partial charge is 0.369 e. The minimum atomic E-state index is -3.41. The molecule has 1 aliphatic rings. The van der Waals surface area contributed by atoms with Gasteiger partial charge < -0.3 is 4.90 Å². The molecule has 2 aromatic rings. The molecular formula is C16H17BrN2O3S2. The van der Waals surface area contributed by atoms with Gasteiger partial charge >= 0.3 is 0 Å². The van der Waals surface area contributed by atoms with Crippen LogP contribution in [0.2, 0.25) is 0 Å². The molecular weight excluding hydrogens is 412 g/mol. The van der Waals surface area contributed by atoms with Gasteiger partial charge in [-0.05, 0) is 59.3 Å². The minimum Gasteiger partial charge on any atom is -0.369 e. The summed E-state index contributed by atoms with van der Waals surface area (Å²) in [5.74, 6) is 0.0413. The van der Waals surface area contributed by atoms with Crippen molar-refractivity contribution in [3.05, 3.63) is 45.7 Å². The first kappa shape index (κ1) is 17.6. The highest BCUT2D eigenvalue weighted by Gasteiger charge is 2.29. The molecule has 0 atom stereocenters. The Morgan fingerprint density at radius 2 is 1.67 bits per heavy atom. The average Bonchev–Trinajstić information content (AvgIpc) is 3.02. The number of hydrogen-bond donors (Lipinski definition) is 0. The summed E-state index contributed by atoms with van der Waals surface area (Å²) in [6.45, 7) is 3.70. The lowest BCUT2D eigenvalue weighted by Crippen LogP contribution is -2.48. The number of rotatable bonds is 4. The monoisotopic (exact) mass is 428 g/mol. The Kier molecular flexibility index (Phi) is 5.10. The predicted molar refractivity (Wildman–Crippen MR) is 99.4 cm³/mol. The maximum Gasteiger partial charge on any atom is 0.252 e. The van der Waals surface area contributed by atoms with Crippen molar-refractivity contribution in [1.29, 1.82) is 0 Å². The number of anilines is 1. The van der Waals surface area contributed by atoms with Crippen LogP contribution in [0, 0.1) is 0 Å². The Morgan fingerprint density at radius 3 is 2.17 bits per heavy atom. The van der Waals surface area contributed by atoms with Gasteiger partial charge in [-0.15, -0.1) is 11.3 Å². The third kappa shape index (κ3) is 3.56. The zero-order chi connectivity index (χ0) is 17.3. The van der Waals surface area contributed by atoms with Crippen LogP contribution in [0.5, 0.6) is 0 Å². The number of carbonyl (C=O) groups excluding carboxylic acids is 1. The van der Waals surface area contributed by atoms with E-state index in [-0.39, 0.29) is 5.78 Å². The first-order valence-electron chi connectivity index (χ1n) is 7.49. The zero-order valence-corrected chi connectivity index (χ0v) is 16.3. The van der Waals surface area contributed by atoms with Crippen LogP contribution in [0.3, 0.4) is 0 Å². The number of piperazine rings is 1. The van der Waals surface area contributed by atoms with E-state index in [1.54, 1.807) is 19.1 Å².